The number of imidazole rings is 1. The van der Waals surface area contributed by atoms with Gasteiger partial charge in [0.25, 0.3) is 0 Å². The van der Waals surface area contributed by atoms with Crippen LogP contribution in [0.2, 0.25) is 0 Å². The number of aryl methyl sites for hydroxylation is 1. The standard InChI is InChI=1S/C19H22FN5O2/c20-14-4-1-5-15(10-14)22-19(27)24-8-3-9-25-13-21-16(17(25)12-24)11-23-7-2-6-18(23)26/h1,4-5,10,13H,2-3,6-9,11-12H2,(H,22,27). The van der Waals surface area contributed by atoms with Crippen LogP contribution in [-0.2, 0) is 24.4 Å². The lowest BCUT2D eigenvalue weighted by Crippen LogP contribution is -2.35. The number of likely N-dealkylation sites (tertiary alicyclic amines) is 1. The van der Waals surface area contributed by atoms with Crippen molar-refractivity contribution in [3.63, 3.8) is 0 Å². The Kier molecular flexibility index (Phi) is 4.79. The molecule has 8 heteroatoms. The average Bonchev–Trinajstić information content (AvgIpc) is 3.14. The summed E-state index contributed by atoms with van der Waals surface area (Å²) in [7, 11) is 0. The molecule has 1 aromatic heterocycles. The van der Waals surface area contributed by atoms with Crippen LogP contribution in [-0.4, -0.2) is 44.4 Å². The molecule has 0 atom stereocenters. The number of carbonyl (C=O) groups is 2. The van der Waals surface area contributed by atoms with E-state index in [2.05, 4.69) is 14.9 Å². The maximum Gasteiger partial charge on any atom is 0.322 e. The van der Waals surface area contributed by atoms with E-state index in [1.165, 1.54) is 12.1 Å². The van der Waals surface area contributed by atoms with Gasteiger partial charge in [-0.15, -0.1) is 0 Å². The third kappa shape index (κ3) is 3.79. The van der Waals surface area contributed by atoms with Gasteiger partial charge in [-0.2, -0.15) is 0 Å². The van der Waals surface area contributed by atoms with E-state index in [1.807, 2.05) is 4.90 Å². The van der Waals surface area contributed by atoms with Crippen molar-refractivity contribution in [1.82, 2.24) is 19.4 Å². The third-order valence-corrected chi connectivity index (χ3v) is 5.08. The third-order valence-electron chi connectivity index (χ3n) is 5.08. The zero-order chi connectivity index (χ0) is 18.8. The van der Waals surface area contributed by atoms with Gasteiger partial charge in [-0.05, 0) is 31.0 Å². The van der Waals surface area contributed by atoms with E-state index < -0.39 is 0 Å². The number of amides is 3. The van der Waals surface area contributed by atoms with Gasteiger partial charge in [0.2, 0.25) is 5.91 Å². The number of nitrogens with zero attached hydrogens (tertiary/aromatic N) is 4. The van der Waals surface area contributed by atoms with Gasteiger partial charge in [0, 0.05) is 31.7 Å². The SMILES string of the molecule is O=C1CCCN1Cc1ncn2c1CN(C(=O)Nc1cccc(F)c1)CCC2. The van der Waals surface area contributed by atoms with Crippen molar-refractivity contribution in [3.8, 4) is 0 Å². The zero-order valence-electron chi connectivity index (χ0n) is 15.0. The maximum absolute atomic E-state index is 13.3. The number of halogens is 1. The smallest absolute Gasteiger partial charge is 0.322 e. The molecule has 0 radical (unpaired) electrons. The summed E-state index contributed by atoms with van der Waals surface area (Å²) in [6, 6.07) is 5.59. The summed E-state index contributed by atoms with van der Waals surface area (Å²) in [6.07, 6.45) is 4.08. The lowest BCUT2D eigenvalue weighted by molar-refractivity contribution is -0.128. The molecule has 2 aromatic rings. The van der Waals surface area contributed by atoms with Crippen molar-refractivity contribution in [2.24, 2.45) is 0 Å². The van der Waals surface area contributed by atoms with Crippen LogP contribution in [0.1, 0.15) is 30.7 Å². The lowest BCUT2D eigenvalue weighted by atomic mass is 10.2. The van der Waals surface area contributed by atoms with Gasteiger partial charge in [-0.1, -0.05) is 6.07 Å². The van der Waals surface area contributed by atoms with Crippen LogP contribution in [0.5, 0.6) is 0 Å². The minimum Gasteiger partial charge on any atom is -0.337 e. The highest BCUT2D eigenvalue weighted by Gasteiger charge is 2.26. The number of rotatable bonds is 3. The van der Waals surface area contributed by atoms with E-state index in [-0.39, 0.29) is 17.8 Å². The number of aromatic nitrogens is 2. The molecule has 1 saturated heterocycles. The fourth-order valence-electron chi connectivity index (χ4n) is 3.64. The summed E-state index contributed by atoms with van der Waals surface area (Å²) in [5.41, 5.74) is 2.23. The molecular formula is C19H22FN5O2. The van der Waals surface area contributed by atoms with Crippen LogP contribution in [0.25, 0.3) is 0 Å². The number of hydrogen-bond acceptors (Lipinski definition) is 3. The first-order valence-corrected chi connectivity index (χ1v) is 9.22. The maximum atomic E-state index is 13.3. The van der Waals surface area contributed by atoms with E-state index in [1.54, 1.807) is 23.4 Å². The first-order valence-electron chi connectivity index (χ1n) is 9.22. The number of carbonyl (C=O) groups excluding carboxylic acids is 2. The molecule has 2 aliphatic heterocycles. The Hall–Kier alpha value is -2.90. The van der Waals surface area contributed by atoms with Crippen molar-refractivity contribution in [3.05, 3.63) is 47.8 Å². The fourth-order valence-corrected chi connectivity index (χ4v) is 3.64. The van der Waals surface area contributed by atoms with Crippen LogP contribution in [0.15, 0.2) is 30.6 Å². The molecule has 2 aliphatic rings. The minimum atomic E-state index is -0.390. The molecule has 142 valence electrons. The van der Waals surface area contributed by atoms with Crippen molar-refractivity contribution in [1.29, 1.82) is 0 Å². The Morgan fingerprint density at radius 3 is 2.89 bits per heavy atom. The molecule has 0 unspecified atom stereocenters. The molecule has 27 heavy (non-hydrogen) atoms. The summed E-state index contributed by atoms with van der Waals surface area (Å²) >= 11 is 0. The molecule has 7 nitrogen and oxygen atoms in total. The first-order chi connectivity index (χ1) is 13.1. The number of nitrogens with one attached hydrogen (secondary N) is 1. The van der Waals surface area contributed by atoms with Crippen molar-refractivity contribution >= 4 is 17.6 Å². The highest BCUT2D eigenvalue weighted by molar-refractivity contribution is 5.89. The molecule has 1 fully saturated rings. The monoisotopic (exact) mass is 371 g/mol. The van der Waals surface area contributed by atoms with Crippen LogP contribution in [0, 0.1) is 5.82 Å². The molecule has 1 N–H and O–H groups in total. The van der Waals surface area contributed by atoms with Gasteiger partial charge in [-0.3, -0.25) is 4.79 Å². The molecule has 0 aliphatic carbocycles. The molecule has 0 saturated carbocycles. The second kappa shape index (κ2) is 7.38. The fraction of sp³-hybridized carbons (Fsp3) is 0.421. The van der Waals surface area contributed by atoms with Crippen LogP contribution < -0.4 is 5.32 Å². The largest absolute Gasteiger partial charge is 0.337 e. The number of fused-ring (bicyclic) bond motifs is 1. The molecular weight excluding hydrogens is 349 g/mol. The summed E-state index contributed by atoms with van der Waals surface area (Å²) in [5.74, 6) is -0.231. The minimum absolute atomic E-state index is 0.158. The van der Waals surface area contributed by atoms with Crippen molar-refractivity contribution in [2.75, 3.05) is 18.4 Å². The molecule has 3 heterocycles. The van der Waals surface area contributed by atoms with Gasteiger partial charge >= 0.3 is 6.03 Å². The first kappa shape index (κ1) is 17.5. The molecule has 0 bridgehead atoms. The van der Waals surface area contributed by atoms with E-state index >= 15 is 0 Å². The van der Waals surface area contributed by atoms with Crippen LogP contribution >= 0.6 is 0 Å². The second-order valence-electron chi connectivity index (χ2n) is 6.97. The molecule has 3 amide bonds. The highest BCUT2D eigenvalue weighted by atomic mass is 19.1. The molecule has 0 spiro atoms. The Balaban J connectivity index is 1.49. The van der Waals surface area contributed by atoms with Crippen molar-refractivity contribution in [2.45, 2.75) is 38.9 Å². The summed E-state index contributed by atoms with van der Waals surface area (Å²) < 4.78 is 15.4. The predicted octanol–water partition coefficient (Wildman–Crippen LogP) is 2.58. The number of anilines is 1. The normalized spacial score (nSPS) is 17.0. The highest BCUT2D eigenvalue weighted by Crippen LogP contribution is 2.21. The molecule has 4 rings (SSSR count). The van der Waals surface area contributed by atoms with Gasteiger partial charge < -0.3 is 19.7 Å². The number of hydrogen-bond donors (Lipinski definition) is 1. The van der Waals surface area contributed by atoms with E-state index in [0.29, 0.717) is 31.7 Å². The van der Waals surface area contributed by atoms with Crippen molar-refractivity contribution < 1.29 is 14.0 Å². The quantitative estimate of drug-likeness (QED) is 0.902. The van der Waals surface area contributed by atoms with E-state index in [0.717, 1.165) is 37.3 Å². The number of urea groups is 1. The zero-order valence-corrected chi connectivity index (χ0v) is 15.0. The Bertz CT molecular complexity index is 866. The van der Waals surface area contributed by atoms with Gasteiger partial charge in [0.05, 0.1) is 30.8 Å². The molecule has 1 aromatic carbocycles. The second-order valence-corrected chi connectivity index (χ2v) is 6.97. The average molecular weight is 371 g/mol. The van der Waals surface area contributed by atoms with Gasteiger partial charge in [-0.25, -0.2) is 14.2 Å². The Morgan fingerprint density at radius 2 is 2.11 bits per heavy atom. The predicted molar refractivity (Wildman–Crippen MR) is 97.3 cm³/mol. The summed E-state index contributed by atoms with van der Waals surface area (Å²) in [4.78, 5) is 32.6. The van der Waals surface area contributed by atoms with Gasteiger partial charge in [0.15, 0.2) is 0 Å². The lowest BCUT2D eigenvalue weighted by Gasteiger charge is -2.22. The summed E-state index contributed by atoms with van der Waals surface area (Å²) in [5, 5.41) is 2.76. The number of benzene rings is 1. The topological polar surface area (TPSA) is 70.5 Å². The van der Waals surface area contributed by atoms with Gasteiger partial charge in [0.1, 0.15) is 5.82 Å². The van der Waals surface area contributed by atoms with Crippen LogP contribution in [0.3, 0.4) is 0 Å². The van der Waals surface area contributed by atoms with E-state index in [9.17, 15) is 14.0 Å². The van der Waals surface area contributed by atoms with Crippen LogP contribution in [0.4, 0.5) is 14.9 Å². The van der Waals surface area contributed by atoms with E-state index in [4.69, 9.17) is 0 Å². The summed E-state index contributed by atoms with van der Waals surface area (Å²) in [6.45, 7) is 3.04. The Labute approximate surface area is 156 Å². The Morgan fingerprint density at radius 1 is 1.22 bits per heavy atom.